The molecule has 1 aromatic heterocycles. The molecule has 112 valence electrons. The van der Waals surface area contributed by atoms with E-state index in [4.69, 9.17) is 11.6 Å². The molecule has 0 unspecified atom stereocenters. The van der Waals surface area contributed by atoms with Gasteiger partial charge in [0.05, 0.1) is 11.4 Å². The van der Waals surface area contributed by atoms with Crippen molar-refractivity contribution in [1.29, 1.82) is 0 Å². The Hall–Kier alpha value is -0.910. The highest BCUT2D eigenvalue weighted by Gasteiger charge is 2.21. The van der Waals surface area contributed by atoms with Gasteiger partial charge in [-0.15, -0.1) is 0 Å². The molecule has 1 aliphatic rings. The van der Waals surface area contributed by atoms with E-state index in [0.29, 0.717) is 5.15 Å². The van der Waals surface area contributed by atoms with Crippen molar-refractivity contribution in [3.8, 4) is 0 Å². The number of piperazine rings is 1. The summed E-state index contributed by atoms with van der Waals surface area (Å²) in [5, 5.41) is 0.523. The standard InChI is InChI=1S/C14H24ClN5/c1-11-12(2)17-14(13(15)16-11)20-9-7-19(8-10-20)6-5-18(3)4/h5-10H2,1-4H3. The highest BCUT2D eigenvalue weighted by atomic mass is 35.5. The maximum atomic E-state index is 6.24. The van der Waals surface area contributed by atoms with Crippen LogP contribution in [-0.2, 0) is 0 Å². The monoisotopic (exact) mass is 297 g/mol. The number of aromatic nitrogens is 2. The number of aryl methyl sites for hydroxylation is 2. The lowest BCUT2D eigenvalue weighted by molar-refractivity contribution is 0.229. The first kappa shape index (κ1) is 15.5. The van der Waals surface area contributed by atoms with Crippen molar-refractivity contribution in [2.75, 3.05) is 58.3 Å². The van der Waals surface area contributed by atoms with Gasteiger partial charge in [-0.1, -0.05) is 11.6 Å². The predicted octanol–water partition coefficient (Wildman–Crippen LogP) is 1.43. The molecule has 0 aliphatic carbocycles. The van der Waals surface area contributed by atoms with E-state index in [0.717, 1.165) is 56.5 Å². The van der Waals surface area contributed by atoms with E-state index in [1.54, 1.807) is 0 Å². The van der Waals surface area contributed by atoms with E-state index in [9.17, 15) is 0 Å². The molecule has 20 heavy (non-hydrogen) atoms. The first-order valence-corrected chi connectivity index (χ1v) is 7.48. The molecule has 5 nitrogen and oxygen atoms in total. The minimum atomic E-state index is 0.523. The van der Waals surface area contributed by atoms with Gasteiger partial charge in [0, 0.05) is 39.3 Å². The number of halogens is 1. The van der Waals surface area contributed by atoms with Crippen molar-refractivity contribution in [3.05, 3.63) is 16.5 Å². The lowest BCUT2D eigenvalue weighted by Crippen LogP contribution is -2.48. The molecular formula is C14H24ClN5. The first-order valence-electron chi connectivity index (χ1n) is 7.10. The normalized spacial score (nSPS) is 17.0. The van der Waals surface area contributed by atoms with Crippen LogP contribution >= 0.6 is 11.6 Å². The highest BCUT2D eigenvalue weighted by molar-refractivity contribution is 6.31. The van der Waals surface area contributed by atoms with Crippen LogP contribution in [0.2, 0.25) is 5.15 Å². The highest BCUT2D eigenvalue weighted by Crippen LogP contribution is 2.23. The molecule has 0 saturated carbocycles. The molecule has 1 aromatic rings. The van der Waals surface area contributed by atoms with Crippen LogP contribution in [-0.4, -0.2) is 73.1 Å². The van der Waals surface area contributed by atoms with Crippen molar-refractivity contribution in [2.45, 2.75) is 13.8 Å². The molecular weight excluding hydrogens is 274 g/mol. The van der Waals surface area contributed by atoms with Gasteiger partial charge in [-0.25, -0.2) is 9.97 Å². The Bertz CT molecular complexity index is 455. The number of hydrogen-bond acceptors (Lipinski definition) is 5. The third-order valence-electron chi connectivity index (χ3n) is 3.78. The lowest BCUT2D eigenvalue weighted by Gasteiger charge is -2.36. The summed E-state index contributed by atoms with van der Waals surface area (Å²) < 4.78 is 0. The second-order valence-corrected chi connectivity index (χ2v) is 6.00. The van der Waals surface area contributed by atoms with E-state index in [1.165, 1.54) is 0 Å². The van der Waals surface area contributed by atoms with Gasteiger partial charge in [-0.3, -0.25) is 4.90 Å². The number of rotatable bonds is 4. The van der Waals surface area contributed by atoms with E-state index < -0.39 is 0 Å². The van der Waals surface area contributed by atoms with E-state index in [1.807, 2.05) is 13.8 Å². The van der Waals surface area contributed by atoms with Crippen LogP contribution in [0.3, 0.4) is 0 Å². The Morgan fingerprint density at radius 2 is 1.65 bits per heavy atom. The van der Waals surface area contributed by atoms with Gasteiger partial charge < -0.3 is 9.80 Å². The zero-order valence-electron chi connectivity index (χ0n) is 12.9. The Kier molecular flexibility index (Phi) is 5.18. The fourth-order valence-corrected chi connectivity index (χ4v) is 2.58. The summed E-state index contributed by atoms with van der Waals surface area (Å²) in [5.41, 5.74) is 1.86. The van der Waals surface area contributed by atoms with Crippen LogP contribution in [0.25, 0.3) is 0 Å². The van der Waals surface area contributed by atoms with Gasteiger partial charge in [0.1, 0.15) is 0 Å². The zero-order valence-corrected chi connectivity index (χ0v) is 13.6. The van der Waals surface area contributed by atoms with Crippen molar-refractivity contribution in [3.63, 3.8) is 0 Å². The minimum absolute atomic E-state index is 0.523. The molecule has 2 rings (SSSR count). The predicted molar refractivity (Wildman–Crippen MR) is 83.7 cm³/mol. The topological polar surface area (TPSA) is 35.5 Å². The molecule has 0 atom stereocenters. The van der Waals surface area contributed by atoms with Crippen LogP contribution < -0.4 is 4.90 Å². The molecule has 0 radical (unpaired) electrons. The van der Waals surface area contributed by atoms with E-state index in [2.05, 4.69) is 38.8 Å². The van der Waals surface area contributed by atoms with Gasteiger partial charge in [0.25, 0.3) is 0 Å². The molecule has 1 saturated heterocycles. The fourth-order valence-electron chi connectivity index (χ4n) is 2.29. The quantitative estimate of drug-likeness (QED) is 0.840. The Balaban J connectivity index is 1.95. The maximum Gasteiger partial charge on any atom is 0.171 e. The SMILES string of the molecule is Cc1nc(Cl)c(N2CCN(CCN(C)C)CC2)nc1C. The summed E-state index contributed by atoms with van der Waals surface area (Å²) in [4.78, 5) is 15.9. The zero-order chi connectivity index (χ0) is 14.7. The Morgan fingerprint density at radius 3 is 2.25 bits per heavy atom. The van der Waals surface area contributed by atoms with Crippen LogP contribution in [0.15, 0.2) is 0 Å². The summed E-state index contributed by atoms with van der Waals surface area (Å²) in [7, 11) is 4.22. The van der Waals surface area contributed by atoms with Crippen molar-refractivity contribution >= 4 is 17.4 Å². The van der Waals surface area contributed by atoms with Crippen molar-refractivity contribution in [2.24, 2.45) is 0 Å². The van der Waals surface area contributed by atoms with Gasteiger partial charge in [0.2, 0.25) is 0 Å². The van der Waals surface area contributed by atoms with Gasteiger partial charge >= 0.3 is 0 Å². The molecule has 1 fully saturated rings. The Morgan fingerprint density at radius 1 is 1.05 bits per heavy atom. The van der Waals surface area contributed by atoms with E-state index in [-0.39, 0.29) is 0 Å². The molecule has 0 N–H and O–H groups in total. The molecule has 6 heteroatoms. The van der Waals surface area contributed by atoms with Gasteiger partial charge in [-0.05, 0) is 27.9 Å². The van der Waals surface area contributed by atoms with Crippen LogP contribution in [0, 0.1) is 13.8 Å². The average molecular weight is 298 g/mol. The summed E-state index contributed by atoms with van der Waals surface area (Å²) in [6, 6.07) is 0. The second kappa shape index (κ2) is 6.70. The van der Waals surface area contributed by atoms with Crippen LogP contribution in [0.4, 0.5) is 5.82 Å². The third-order valence-corrected chi connectivity index (χ3v) is 4.04. The summed E-state index contributed by atoms with van der Waals surface area (Å²) >= 11 is 6.24. The molecule has 0 bridgehead atoms. The number of hydrogen-bond donors (Lipinski definition) is 0. The van der Waals surface area contributed by atoms with Crippen LogP contribution in [0.5, 0.6) is 0 Å². The lowest BCUT2D eigenvalue weighted by atomic mass is 10.3. The summed E-state index contributed by atoms with van der Waals surface area (Å²) in [6.07, 6.45) is 0. The fraction of sp³-hybridized carbons (Fsp3) is 0.714. The molecule has 1 aliphatic heterocycles. The minimum Gasteiger partial charge on any atom is -0.351 e. The van der Waals surface area contributed by atoms with Gasteiger partial charge in [0.15, 0.2) is 11.0 Å². The summed E-state index contributed by atoms with van der Waals surface area (Å²) in [5.74, 6) is 0.835. The number of likely N-dealkylation sites (N-methyl/N-ethyl adjacent to an activating group) is 1. The molecule has 2 heterocycles. The maximum absolute atomic E-state index is 6.24. The largest absolute Gasteiger partial charge is 0.351 e. The smallest absolute Gasteiger partial charge is 0.171 e. The average Bonchev–Trinajstić information content (AvgIpc) is 2.41. The van der Waals surface area contributed by atoms with Gasteiger partial charge in [-0.2, -0.15) is 0 Å². The van der Waals surface area contributed by atoms with Crippen molar-refractivity contribution < 1.29 is 0 Å². The number of anilines is 1. The van der Waals surface area contributed by atoms with Crippen LogP contribution in [0.1, 0.15) is 11.4 Å². The third kappa shape index (κ3) is 3.81. The first-order chi connectivity index (χ1) is 9.47. The molecule has 0 amide bonds. The van der Waals surface area contributed by atoms with Crippen molar-refractivity contribution in [1.82, 2.24) is 19.8 Å². The van der Waals surface area contributed by atoms with E-state index >= 15 is 0 Å². The second-order valence-electron chi connectivity index (χ2n) is 5.64. The molecule has 0 aromatic carbocycles. The summed E-state index contributed by atoms with van der Waals surface area (Å²) in [6.45, 7) is 10.2. The Labute approximate surface area is 126 Å². The number of nitrogens with zero attached hydrogens (tertiary/aromatic N) is 5. The molecule has 0 spiro atoms.